The zero-order chi connectivity index (χ0) is 18.5. The Bertz CT molecular complexity index is 918. The zero-order valence-corrected chi connectivity index (χ0v) is 14.2. The van der Waals surface area contributed by atoms with Gasteiger partial charge in [-0.15, -0.1) is 0 Å². The van der Waals surface area contributed by atoms with Crippen LogP contribution in [-0.4, -0.2) is 9.85 Å². The molecule has 0 saturated heterocycles. The van der Waals surface area contributed by atoms with E-state index in [2.05, 4.69) is 4.36 Å². The summed E-state index contributed by atoms with van der Waals surface area (Å²) in [4.78, 5) is 23.1. The molecule has 0 spiro atoms. The summed E-state index contributed by atoms with van der Waals surface area (Å²) < 4.78 is 4.49. The SMILES string of the molecule is O=[N+]([O-])c1cccc([N+](=O)[O-])c1N=S(c1ccccc1)c1ccccc1. The van der Waals surface area contributed by atoms with Gasteiger partial charge in [0.1, 0.15) is 0 Å². The van der Waals surface area contributed by atoms with Gasteiger partial charge >= 0.3 is 11.4 Å². The number of benzene rings is 3. The number of hydrogen-bond donors (Lipinski definition) is 0. The predicted molar refractivity (Wildman–Crippen MR) is 98.6 cm³/mol. The first kappa shape index (κ1) is 17.4. The highest BCUT2D eigenvalue weighted by atomic mass is 32.2. The number of hydrogen-bond acceptors (Lipinski definition) is 5. The first-order valence-corrected chi connectivity index (χ1v) is 8.74. The summed E-state index contributed by atoms with van der Waals surface area (Å²) in [5.41, 5.74) is -0.995. The van der Waals surface area contributed by atoms with Crippen LogP contribution in [0.1, 0.15) is 0 Å². The lowest BCUT2D eigenvalue weighted by Crippen LogP contribution is -1.97. The minimum atomic E-state index is -0.940. The van der Waals surface area contributed by atoms with Crippen LogP contribution in [0.3, 0.4) is 0 Å². The molecule has 7 nitrogen and oxygen atoms in total. The van der Waals surface area contributed by atoms with Gasteiger partial charge in [0, 0.05) is 21.9 Å². The van der Waals surface area contributed by atoms with E-state index in [-0.39, 0.29) is 17.1 Å². The number of nitrogens with zero attached hydrogens (tertiary/aromatic N) is 3. The molecule has 0 bridgehead atoms. The summed E-state index contributed by atoms with van der Waals surface area (Å²) >= 11 is 0. The number of rotatable bonds is 5. The fourth-order valence-electron chi connectivity index (χ4n) is 2.34. The molecule has 0 saturated carbocycles. The Labute approximate surface area is 151 Å². The second-order valence-electron chi connectivity index (χ2n) is 5.16. The maximum absolute atomic E-state index is 11.4. The smallest absolute Gasteiger partial charge is 0.258 e. The highest BCUT2D eigenvalue weighted by Gasteiger charge is 2.25. The Morgan fingerprint density at radius 2 is 1.08 bits per heavy atom. The molecule has 130 valence electrons. The van der Waals surface area contributed by atoms with Crippen LogP contribution in [0.2, 0.25) is 0 Å². The molecule has 3 aromatic rings. The Balaban J connectivity index is 2.31. The Morgan fingerprint density at radius 1 is 0.654 bits per heavy atom. The standard InChI is InChI=1S/C18H13N3O4S/c22-20(23)16-12-7-13-17(21(24)25)18(16)19-26(14-8-3-1-4-9-14)15-10-5-2-6-11-15/h1-13H. The van der Waals surface area contributed by atoms with Gasteiger partial charge < -0.3 is 0 Å². The van der Waals surface area contributed by atoms with Crippen molar-refractivity contribution in [2.45, 2.75) is 9.79 Å². The molecule has 0 unspecified atom stereocenters. The predicted octanol–water partition coefficient (Wildman–Crippen LogP) is 5.05. The van der Waals surface area contributed by atoms with Crippen LogP contribution in [-0.2, 0) is 10.7 Å². The van der Waals surface area contributed by atoms with Crippen LogP contribution in [0, 0.1) is 20.2 Å². The van der Waals surface area contributed by atoms with E-state index >= 15 is 0 Å². The van der Waals surface area contributed by atoms with Crippen molar-refractivity contribution in [3.63, 3.8) is 0 Å². The molecule has 0 aromatic heterocycles. The zero-order valence-electron chi connectivity index (χ0n) is 13.4. The first-order valence-electron chi connectivity index (χ1n) is 7.56. The lowest BCUT2D eigenvalue weighted by molar-refractivity contribution is -0.392. The molecule has 26 heavy (non-hydrogen) atoms. The fourth-order valence-corrected chi connectivity index (χ4v) is 4.02. The van der Waals surface area contributed by atoms with Crippen molar-refractivity contribution in [2.75, 3.05) is 0 Å². The lowest BCUT2D eigenvalue weighted by Gasteiger charge is -2.09. The molecule has 0 radical (unpaired) electrons. The third kappa shape index (κ3) is 3.65. The average molecular weight is 367 g/mol. The highest BCUT2D eigenvalue weighted by molar-refractivity contribution is 7.87. The maximum Gasteiger partial charge on any atom is 0.302 e. The molecule has 0 aliphatic rings. The van der Waals surface area contributed by atoms with Gasteiger partial charge in [-0.1, -0.05) is 36.4 Å². The van der Waals surface area contributed by atoms with Gasteiger partial charge in [-0.3, -0.25) is 20.2 Å². The summed E-state index contributed by atoms with van der Waals surface area (Å²) in [6.07, 6.45) is 0. The second-order valence-corrected chi connectivity index (χ2v) is 6.86. The van der Waals surface area contributed by atoms with Crippen LogP contribution >= 0.6 is 0 Å². The van der Waals surface area contributed by atoms with E-state index in [0.29, 0.717) is 0 Å². The van der Waals surface area contributed by atoms with Gasteiger partial charge in [0.25, 0.3) is 0 Å². The van der Waals surface area contributed by atoms with Crippen LogP contribution in [0.5, 0.6) is 0 Å². The van der Waals surface area contributed by atoms with E-state index in [1.165, 1.54) is 18.2 Å². The summed E-state index contributed by atoms with van der Waals surface area (Å²) in [6, 6.07) is 22.2. The second kappa shape index (κ2) is 7.66. The first-order chi connectivity index (χ1) is 12.6. The Morgan fingerprint density at radius 3 is 1.46 bits per heavy atom. The van der Waals surface area contributed by atoms with Crippen LogP contribution in [0.4, 0.5) is 17.1 Å². The normalized spacial score (nSPS) is 10.5. The third-order valence-electron chi connectivity index (χ3n) is 3.50. The summed E-state index contributed by atoms with van der Waals surface area (Å²) in [6.45, 7) is 0. The summed E-state index contributed by atoms with van der Waals surface area (Å²) in [5, 5.41) is 22.8. The minimum absolute atomic E-state index is 0.224. The molecular weight excluding hydrogens is 354 g/mol. The summed E-state index contributed by atoms with van der Waals surface area (Å²) in [7, 11) is -0.940. The molecule has 0 N–H and O–H groups in total. The van der Waals surface area contributed by atoms with E-state index in [1.54, 1.807) is 0 Å². The summed E-state index contributed by atoms with van der Waals surface area (Å²) in [5.74, 6) is 0. The Hall–Kier alpha value is -3.39. The molecule has 0 amide bonds. The third-order valence-corrected chi connectivity index (χ3v) is 5.30. The maximum atomic E-state index is 11.4. The molecule has 3 rings (SSSR count). The molecule has 0 atom stereocenters. The van der Waals surface area contributed by atoms with Gasteiger partial charge in [-0.25, -0.2) is 4.36 Å². The molecule has 0 aliphatic heterocycles. The largest absolute Gasteiger partial charge is 0.302 e. The molecule has 0 fully saturated rings. The van der Waals surface area contributed by atoms with Crippen LogP contribution in [0.25, 0.3) is 0 Å². The van der Waals surface area contributed by atoms with E-state index in [0.717, 1.165) is 9.79 Å². The quantitative estimate of drug-likeness (QED) is 0.465. The van der Waals surface area contributed by atoms with Gasteiger partial charge in [0.15, 0.2) is 0 Å². The Kier molecular flexibility index (Phi) is 5.14. The van der Waals surface area contributed by atoms with Crippen molar-refractivity contribution in [1.29, 1.82) is 0 Å². The van der Waals surface area contributed by atoms with Crippen LogP contribution in [0.15, 0.2) is 93.0 Å². The monoisotopic (exact) mass is 367 g/mol. The van der Waals surface area contributed by atoms with Crippen molar-refractivity contribution < 1.29 is 9.85 Å². The van der Waals surface area contributed by atoms with Gasteiger partial charge in [0.2, 0.25) is 5.69 Å². The van der Waals surface area contributed by atoms with E-state index in [1.807, 2.05) is 60.7 Å². The van der Waals surface area contributed by atoms with Gasteiger partial charge in [-0.2, -0.15) is 0 Å². The van der Waals surface area contributed by atoms with Crippen molar-refractivity contribution in [2.24, 2.45) is 4.36 Å². The van der Waals surface area contributed by atoms with E-state index in [4.69, 9.17) is 0 Å². The van der Waals surface area contributed by atoms with Crippen LogP contribution < -0.4 is 0 Å². The fraction of sp³-hybridized carbons (Fsp3) is 0. The van der Waals surface area contributed by atoms with E-state index in [9.17, 15) is 20.2 Å². The minimum Gasteiger partial charge on any atom is -0.258 e. The molecule has 8 heteroatoms. The topological polar surface area (TPSA) is 98.6 Å². The van der Waals surface area contributed by atoms with Crippen molar-refractivity contribution in [3.8, 4) is 0 Å². The average Bonchev–Trinajstić information content (AvgIpc) is 2.67. The molecule has 0 aliphatic carbocycles. The number of nitro groups is 2. The molecular formula is C18H13N3O4S. The van der Waals surface area contributed by atoms with Gasteiger partial charge in [-0.05, 0) is 41.0 Å². The number of nitro benzene ring substituents is 2. The van der Waals surface area contributed by atoms with Crippen molar-refractivity contribution >= 4 is 27.8 Å². The molecule has 0 heterocycles. The van der Waals surface area contributed by atoms with Crippen molar-refractivity contribution in [3.05, 3.63) is 99.1 Å². The van der Waals surface area contributed by atoms with Crippen molar-refractivity contribution in [1.82, 2.24) is 0 Å². The highest BCUT2D eigenvalue weighted by Crippen LogP contribution is 2.38. The van der Waals surface area contributed by atoms with E-state index < -0.39 is 20.5 Å². The molecule has 3 aromatic carbocycles. The lowest BCUT2D eigenvalue weighted by atomic mass is 10.2. The van der Waals surface area contributed by atoms with Gasteiger partial charge in [0.05, 0.1) is 9.85 Å².